The van der Waals surface area contributed by atoms with E-state index in [9.17, 15) is 18.0 Å². The van der Waals surface area contributed by atoms with Gasteiger partial charge >= 0.3 is 0 Å². The molecule has 2 bridgehead atoms. The van der Waals surface area contributed by atoms with Crippen molar-refractivity contribution in [2.75, 3.05) is 32.0 Å². The van der Waals surface area contributed by atoms with E-state index in [4.69, 9.17) is 0 Å². The Bertz CT molecular complexity index is 1640. The molecule has 1 amide bonds. The molecule has 0 spiro atoms. The number of aryl methyl sites for hydroxylation is 1. The van der Waals surface area contributed by atoms with E-state index in [1.807, 2.05) is 25.5 Å². The number of piperidine rings is 1. The first-order chi connectivity index (χ1) is 19.1. The summed E-state index contributed by atoms with van der Waals surface area (Å²) in [5.74, 6) is -1.66. The molecule has 2 unspecified atom stereocenters. The highest BCUT2D eigenvalue weighted by molar-refractivity contribution is 5.94. The quantitative estimate of drug-likeness (QED) is 0.360. The van der Waals surface area contributed by atoms with Gasteiger partial charge in [0.15, 0.2) is 11.6 Å². The number of carbonyl (C=O) groups excluding carboxylic acids is 1. The lowest BCUT2D eigenvalue weighted by Gasteiger charge is -2.32. The standard InChI is InChI=1S/C28H29F3N8O/c1-14(2)39-15(3)33-25-20(29)8-17(9-22(25)39)24-21(30)10-32-28(36-24)35-23-6-5-19(26(31)34-23)27(40)38-12-16-7-18(13-38)37(4)11-16/h5-6,8-10,14,16,18H,7,11-13H2,1-4H3,(H,32,34,35,36). The average Bonchev–Trinajstić information content (AvgIpc) is 3.38. The van der Waals surface area contributed by atoms with Crippen LogP contribution < -0.4 is 5.32 Å². The Morgan fingerprint density at radius 2 is 1.85 bits per heavy atom. The fourth-order valence-corrected chi connectivity index (χ4v) is 5.98. The van der Waals surface area contributed by atoms with Gasteiger partial charge in [0, 0.05) is 37.3 Å². The van der Waals surface area contributed by atoms with E-state index in [2.05, 4.69) is 30.2 Å². The van der Waals surface area contributed by atoms with Crippen LogP contribution in [0, 0.1) is 30.4 Å². The number of amides is 1. The number of halogens is 3. The summed E-state index contributed by atoms with van der Waals surface area (Å²) in [5, 5.41) is 2.76. The number of likely N-dealkylation sites (N-methyl/N-ethyl adjacent to an activating group) is 1. The van der Waals surface area contributed by atoms with Gasteiger partial charge in [0.25, 0.3) is 5.91 Å². The highest BCUT2D eigenvalue weighted by Crippen LogP contribution is 2.31. The van der Waals surface area contributed by atoms with E-state index in [-0.39, 0.29) is 46.2 Å². The molecular formula is C28H29F3N8O. The Morgan fingerprint density at radius 1 is 1.05 bits per heavy atom. The van der Waals surface area contributed by atoms with Crippen molar-refractivity contribution in [3.05, 3.63) is 59.4 Å². The summed E-state index contributed by atoms with van der Waals surface area (Å²) in [4.78, 5) is 33.3. The molecule has 2 saturated heterocycles. The van der Waals surface area contributed by atoms with Crippen molar-refractivity contribution in [2.45, 2.75) is 39.3 Å². The van der Waals surface area contributed by atoms with Gasteiger partial charge in [0.1, 0.15) is 22.9 Å². The number of hydrogen-bond acceptors (Lipinski definition) is 7. The third-order valence-electron chi connectivity index (χ3n) is 7.75. The van der Waals surface area contributed by atoms with Crippen molar-refractivity contribution in [1.29, 1.82) is 0 Å². The second-order valence-corrected chi connectivity index (χ2v) is 10.9. The zero-order valence-electron chi connectivity index (χ0n) is 22.6. The summed E-state index contributed by atoms with van der Waals surface area (Å²) in [6, 6.07) is 5.93. The number of likely N-dealkylation sites (tertiary alicyclic amines) is 2. The fraction of sp³-hybridized carbons (Fsp3) is 0.393. The van der Waals surface area contributed by atoms with Crippen molar-refractivity contribution >= 4 is 28.7 Å². The van der Waals surface area contributed by atoms with Crippen LogP contribution in [0.4, 0.5) is 24.9 Å². The van der Waals surface area contributed by atoms with E-state index < -0.39 is 23.5 Å². The number of hydrogen-bond donors (Lipinski definition) is 1. The van der Waals surface area contributed by atoms with Crippen molar-refractivity contribution in [3.63, 3.8) is 0 Å². The summed E-state index contributed by atoms with van der Waals surface area (Å²) >= 11 is 0. The minimum Gasteiger partial charge on any atom is -0.337 e. The van der Waals surface area contributed by atoms with E-state index >= 15 is 0 Å². The van der Waals surface area contributed by atoms with Gasteiger partial charge < -0.3 is 19.7 Å². The Kier molecular flexibility index (Phi) is 6.44. The van der Waals surface area contributed by atoms with Crippen LogP contribution in [0.25, 0.3) is 22.3 Å². The van der Waals surface area contributed by atoms with E-state index in [0.29, 0.717) is 30.3 Å². The zero-order chi connectivity index (χ0) is 28.3. The van der Waals surface area contributed by atoms with E-state index in [1.54, 1.807) is 17.9 Å². The van der Waals surface area contributed by atoms with Gasteiger partial charge in [-0.1, -0.05) is 0 Å². The first kappa shape index (κ1) is 26.2. The minimum absolute atomic E-state index is 0.00864. The summed E-state index contributed by atoms with van der Waals surface area (Å²) in [7, 11) is 2.04. The number of pyridine rings is 1. The van der Waals surface area contributed by atoms with Gasteiger partial charge in [-0.15, -0.1) is 0 Å². The molecule has 2 aliphatic rings. The van der Waals surface area contributed by atoms with Crippen molar-refractivity contribution in [3.8, 4) is 11.3 Å². The van der Waals surface area contributed by atoms with Crippen LogP contribution in [0.5, 0.6) is 0 Å². The first-order valence-electron chi connectivity index (χ1n) is 13.2. The lowest BCUT2D eigenvalue weighted by atomic mass is 9.99. The molecular weight excluding hydrogens is 521 g/mol. The van der Waals surface area contributed by atoms with Gasteiger partial charge in [0.2, 0.25) is 11.9 Å². The number of anilines is 2. The van der Waals surface area contributed by atoms with Gasteiger partial charge in [-0.05, 0) is 64.4 Å². The molecule has 4 aromatic rings. The van der Waals surface area contributed by atoms with Crippen LogP contribution in [0.1, 0.15) is 42.5 Å². The molecule has 9 nitrogen and oxygen atoms in total. The minimum atomic E-state index is -0.923. The third-order valence-corrected chi connectivity index (χ3v) is 7.75. The van der Waals surface area contributed by atoms with Crippen LogP contribution in [0.15, 0.2) is 30.5 Å². The van der Waals surface area contributed by atoms with Crippen LogP contribution in [0.2, 0.25) is 0 Å². The predicted molar refractivity (Wildman–Crippen MR) is 144 cm³/mol. The van der Waals surface area contributed by atoms with Gasteiger partial charge in [-0.3, -0.25) is 4.79 Å². The van der Waals surface area contributed by atoms with Crippen LogP contribution in [-0.2, 0) is 0 Å². The summed E-state index contributed by atoms with van der Waals surface area (Å²) in [6.07, 6.45) is 2.00. The summed E-state index contributed by atoms with van der Waals surface area (Å²) in [5.41, 5.74) is 0.671. The molecule has 6 rings (SSSR count). The summed E-state index contributed by atoms with van der Waals surface area (Å²) in [6.45, 7) is 7.76. The van der Waals surface area contributed by atoms with E-state index in [1.165, 1.54) is 18.2 Å². The predicted octanol–water partition coefficient (Wildman–Crippen LogP) is 4.71. The Balaban J connectivity index is 1.26. The van der Waals surface area contributed by atoms with Crippen LogP contribution >= 0.6 is 0 Å². The smallest absolute Gasteiger partial charge is 0.258 e. The maximum absolute atomic E-state index is 15.0. The van der Waals surface area contributed by atoms with E-state index in [0.717, 1.165) is 19.2 Å². The molecule has 5 heterocycles. The Labute approximate surface area is 229 Å². The molecule has 3 aromatic heterocycles. The van der Waals surface area contributed by atoms with Gasteiger partial charge in [0.05, 0.1) is 17.3 Å². The molecule has 12 heteroatoms. The zero-order valence-corrected chi connectivity index (χ0v) is 22.6. The van der Waals surface area contributed by atoms with Crippen LogP contribution in [0.3, 0.4) is 0 Å². The van der Waals surface area contributed by atoms with Crippen LogP contribution in [-0.4, -0.2) is 72.9 Å². The number of fused-ring (bicyclic) bond motifs is 3. The number of rotatable bonds is 5. The number of carbonyl (C=O) groups is 1. The van der Waals surface area contributed by atoms with Gasteiger partial charge in [-0.25, -0.2) is 28.7 Å². The Hall–Kier alpha value is -4.06. The normalized spacial score (nSPS) is 19.1. The molecule has 1 aromatic carbocycles. The molecule has 0 aliphatic carbocycles. The second-order valence-electron chi connectivity index (χ2n) is 10.9. The maximum atomic E-state index is 15.0. The van der Waals surface area contributed by atoms with Crippen molar-refractivity contribution in [2.24, 2.45) is 5.92 Å². The second kappa shape index (κ2) is 9.84. The maximum Gasteiger partial charge on any atom is 0.258 e. The number of aromatic nitrogens is 5. The molecule has 208 valence electrons. The lowest BCUT2D eigenvalue weighted by molar-refractivity contribution is 0.0670. The number of nitrogens with zero attached hydrogens (tertiary/aromatic N) is 7. The monoisotopic (exact) mass is 550 g/mol. The number of nitrogens with one attached hydrogen (secondary N) is 1. The van der Waals surface area contributed by atoms with Crippen molar-refractivity contribution < 1.29 is 18.0 Å². The van der Waals surface area contributed by atoms with Crippen molar-refractivity contribution in [1.82, 2.24) is 34.3 Å². The lowest BCUT2D eigenvalue weighted by Crippen LogP contribution is -2.45. The molecule has 2 atom stereocenters. The molecule has 0 saturated carbocycles. The molecule has 0 radical (unpaired) electrons. The highest BCUT2D eigenvalue weighted by atomic mass is 19.1. The number of imidazole rings is 1. The molecule has 2 aliphatic heterocycles. The topological polar surface area (TPSA) is 92.1 Å². The summed E-state index contributed by atoms with van der Waals surface area (Å²) < 4.78 is 46.7. The third kappa shape index (κ3) is 4.55. The molecule has 2 fully saturated rings. The largest absolute Gasteiger partial charge is 0.337 e. The average molecular weight is 551 g/mol. The molecule has 40 heavy (non-hydrogen) atoms. The Morgan fingerprint density at radius 3 is 2.58 bits per heavy atom. The molecule has 1 N–H and O–H groups in total. The highest BCUT2D eigenvalue weighted by Gasteiger charge is 2.39. The SMILES string of the molecule is Cc1nc2c(F)cc(-c3nc(Nc4ccc(C(=O)N5CC6CC(C5)N(C)C6)c(F)n4)ncc3F)cc2n1C(C)C. The number of benzene rings is 1. The first-order valence-corrected chi connectivity index (χ1v) is 13.2. The van der Waals surface area contributed by atoms with Gasteiger partial charge in [-0.2, -0.15) is 4.39 Å². The fourth-order valence-electron chi connectivity index (χ4n) is 5.98.